The quantitative estimate of drug-likeness (QED) is 0.368. The van der Waals surface area contributed by atoms with Crippen molar-refractivity contribution in [2.45, 2.75) is 52.9 Å². The van der Waals surface area contributed by atoms with Gasteiger partial charge in [0.1, 0.15) is 5.70 Å². The Balaban J connectivity index is 1.96. The smallest absolute Gasteiger partial charge is 0.269 e. The fraction of sp³-hybridized carbons (Fsp3) is 0.455. The molecule has 0 saturated carbocycles. The Bertz CT molecular complexity index is 781. The van der Waals surface area contributed by atoms with E-state index in [2.05, 4.69) is 33.6 Å². The Kier molecular flexibility index (Phi) is 8.59. The molecule has 1 heterocycles. The second-order valence-electron chi connectivity index (χ2n) is 7.00. The van der Waals surface area contributed by atoms with E-state index in [1.54, 1.807) is 0 Å². The first kappa shape index (κ1) is 21.5. The molecule has 0 saturated heterocycles. The van der Waals surface area contributed by atoms with Crippen LogP contribution in [0.2, 0.25) is 0 Å². The van der Waals surface area contributed by atoms with Crippen LogP contribution in [0.15, 0.2) is 40.0 Å². The summed E-state index contributed by atoms with van der Waals surface area (Å²) in [5.41, 5.74) is 3.46. The number of hydrogen-bond donors (Lipinski definition) is 2. The molecule has 28 heavy (non-hydrogen) atoms. The van der Waals surface area contributed by atoms with E-state index in [4.69, 9.17) is 0 Å². The SMILES string of the molecule is CCCCNC(=O)C1=CC(Cc2ccc(C)c(N=CNC(=O)CCC)c2)C=N1. The number of aliphatic imine (C=N–C) groups is 2. The molecular weight excluding hydrogens is 352 g/mol. The van der Waals surface area contributed by atoms with Gasteiger partial charge in [0.05, 0.1) is 12.0 Å². The van der Waals surface area contributed by atoms with Crippen LogP contribution in [-0.2, 0) is 16.0 Å². The molecule has 2 rings (SSSR count). The van der Waals surface area contributed by atoms with E-state index >= 15 is 0 Å². The van der Waals surface area contributed by atoms with Gasteiger partial charge in [-0.05, 0) is 49.5 Å². The van der Waals surface area contributed by atoms with Gasteiger partial charge in [-0.2, -0.15) is 0 Å². The van der Waals surface area contributed by atoms with Gasteiger partial charge in [-0.25, -0.2) is 4.99 Å². The van der Waals surface area contributed by atoms with Gasteiger partial charge in [0, 0.05) is 25.1 Å². The van der Waals surface area contributed by atoms with Gasteiger partial charge in [-0.1, -0.05) is 32.4 Å². The number of aryl methyl sites for hydroxylation is 1. The average molecular weight is 383 g/mol. The van der Waals surface area contributed by atoms with E-state index < -0.39 is 0 Å². The molecule has 2 N–H and O–H groups in total. The summed E-state index contributed by atoms with van der Waals surface area (Å²) in [5.74, 6) is -0.0444. The number of carbonyl (C=O) groups excluding carboxylic acids is 2. The maximum Gasteiger partial charge on any atom is 0.269 e. The zero-order valence-electron chi connectivity index (χ0n) is 17.0. The zero-order valence-corrected chi connectivity index (χ0v) is 17.0. The topological polar surface area (TPSA) is 82.9 Å². The standard InChI is InChI=1S/C22H30N4O2/c1-4-6-10-23-22(28)20-13-18(14-24-20)11-17-9-8-16(3)19(12-17)25-15-26-21(27)7-5-2/h8-9,12-15,18H,4-7,10-11H2,1-3H3,(H,23,28)(H,25,26,27). The molecule has 2 amide bonds. The molecule has 6 nitrogen and oxygen atoms in total. The Hall–Kier alpha value is -2.76. The number of nitrogens with one attached hydrogen (secondary N) is 2. The molecule has 1 aliphatic rings. The Labute approximate surface area is 167 Å². The van der Waals surface area contributed by atoms with Crippen LogP contribution in [0.3, 0.4) is 0 Å². The Morgan fingerprint density at radius 2 is 2.07 bits per heavy atom. The van der Waals surface area contributed by atoms with Gasteiger partial charge in [0.25, 0.3) is 5.91 Å². The van der Waals surface area contributed by atoms with Gasteiger partial charge in [-0.15, -0.1) is 0 Å². The van der Waals surface area contributed by atoms with Crippen LogP contribution in [0.4, 0.5) is 5.69 Å². The molecule has 6 heteroatoms. The van der Waals surface area contributed by atoms with E-state index in [-0.39, 0.29) is 17.7 Å². The number of benzene rings is 1. The maximum absolute atomic E-state index is 12.1. The molecule has 0 aliphatic carbocycles. The fourth-order valence-corrected chi connectivity index (χ4v) is 2.85. The number of amides is 2. The molecule has 1 aliphatic heterocycles. The number of nitrogens with zero attached hydrogens (tertiary/aromatic N) is 2. The van der Waals surface area contributed by atoms with Crippen LogP contribution in [0.25, 0.3) is 0 Å². The molecule has 0 spiro atoms. The van der Waals surface area contributed by atoms with E-state index in [1.165, 1.54) is 6.34 Å². The van der Waals surface area contributed by atoms with Gasteiger partial charge in [-0.3, -0.25) is 14.6 Å². The molecule has 1 unspecified atom stereocenters. The minimum absolute atomic E-state index is 0.0305. The van der Waals surface area contributed by atoms with Gasteiger partial charge < -0.3 is 10.6 Å². The molecule has 0 aromatic heterocycles. The number of hydrogen-bond acceptors (Lipinski definition) is 4. The third kappa shape index (κ3) is 6.76. The summed E-state index contributed by atoms with van der Waals surface area (Å²) in [6.45, 7) is 6.72. The summed E-state index contributed by atoms with van der Waals surface area (Å²) in [6.07, 6.45) is 9.26. The monoisotopic (exact) mass is 382 g/mol. The maximum atomic E-state index is 12.1. The lowest BCUT2D eigenvalue weighted by Gasteiger charge is -2.08. The normalized spacial score (nSPS) is 15.7. The summed E-state index contributed by atoms with van der Waals surface area (Å²) in [7, 11) is 0. The van der Waals surface area contributed by atoms with Crippen molar-refractivity contribution in [1.29, 1.82) is 0 Å². The van der Waals surface area contributed by atoms with E-state index in [1.807, 2.05) is 38.3 Å². The highest BCUT2D eigenvalue weighted by Gasteiger charge is 2.17. The number of allylic oxidation sites excluding steroid dienone is 1. The summed E-state index contributed by atoms with van der Waals surface area (Å²) in [4.78, 5) is 32.3. The first-order valence-electron chi connectivity index (χ1n) is 9.99. The number of carbonyl (C=O) groups is 2. The predicted octanol–water partition coefficient (Wildman–Crippen LogP) is 3.61. The molecule has 0 radical (unpaired) electrons. The zero-order chi connectivity index (χ0) is 20.4. The van der Waals surface area contributed by atoms with E-state index in [0.717, 1.165) is 42.5 Å². The average Bonchev–Trinajstić information content (AvgIpc) is 3.13. The molecule has 150 valence electrons. The second kappa shape index (κ2) is 11.2. The van der Waals surface area contributed by atoms with Gasteiger partial charge in [0.15, 0.2) is 0 Å². The Morgan fingerprint density at radius 3 is 2.82 bits per heavy atom. The first-order chi connectivity index (χ1) is 13.5. The summed E-state index contributed by atoms with van der Waals surface area (Å²) >= 11 is 0. The molecule has 1 atom stereocenters. The molecule has 0 bridgehead atoms. The molecule has 1 aromatic rings. The van der Waals surface area contributed by atoms with Crippen molar-refractivity contribution >= 4 is 30.1 Å². The van der Waals surface area contributed by atoms with Crippen molar-refractivity contribution in [1.82, 2.24) is 10.6 Å². The van der Waals surface area contributed by atoms with Crippen LogP contribution in [0.5, 0.6) is 0 Å². The summed E-state index contributed by atoms with van der Waals surface area (Å²) in [6, 6.07) is 6.09. The molecule has 0 fully saturated rings. The minimum atomic E-state index is -0.107. The molecule has 1 aromatic carbocycles. The van der Waals surface area contributed by atoms with Crippen LogP contribution in [0, 0.1) is 12.8 Å². The van der Waals surface area contributed by atoms with Gasteiger partial charge in [0.2, 0.25) is 5.91 Å². The lowest BCUT2D eigenvalue weighted by Crippen LogP contribution is -2.25. The lowest BCUT2D eigenvalue weighted by molar-refractivity contribution is -0.119. The van der Waals surface area contributed by atoms with Crippen LogP contribution >= 0.6 is 0 Å². The summed E-state index contributed by atoms with van der Waals surface area (Å²) < 4.78 is 0. The summed E-state index contributed by atoms with van der Waals surface area (Å²) in [5, 5.41) is 5.58. The van der Waals surface area contributed by atoms with Crippen molar-refractivity contribution in [2.75, 3.05) is 6.54 Å². The third-order valence-electron chi connectivity index (χ3n) is 4.48. The first-order valence-corrected chi connectivity index (χ1v) is 9.99. The van der Waals surface area contributed by atoms with Crippen molar-refractivity contribution in [3.63, 3.8) is 0 Å². The van der Waals surface area contributed by atoms with Crippen LogP contribution in [-0.4, -0.2) is 30.9 Å². The van der Waals surface area contributed by atoms with Gasteiger partial charge >= 0.3 is 0 Å². The van der Waals surface area contributed by atoms with Crippen LogP contribution in [0.1, 0.15) is 50.7 Å². The highest BCUT2D eigenvalue weighted by atomic mass is 16.2. The highest BCUT2D eigenvalue weighted by molar-refractivity contribution is 5.97. The highest BCUT2D eigenvalue weighted by Crippen LogP contribution is 2.23. The lowest BCUT2D eigenvalue weighted by atomic mass is 9.99. The molecular formula is C22H30N4O2. The largest absolute Gasteiger partial charge is 0.351 e. The van der Waals surface area contributed by atoms with E-state index in [9.17, 15) is 9.59 Å². The third-order valence-corrected chi connectivity index (χ3v) is 4.48. The van der Waals surface area contributed by atoms with Crippen molar-refractivity contribution < 1.29 is 9.59 Å². The van der Waals surface area contributed by atoms with Crippen molar-refractivity contribution in [3.8, 4) is 0 Å². The van der Waals surface area contributed by atoms with Crippen LogP contribution < -0.4 is 10.6 Å². The predicted molar refractivity (Wildman–Crippen MR) is 114 cm³/mol. The second-order valence-corrected chi connectivity index (χ2v) is 7.00. The number of unbranched alkanes of at least 4 members (excludes halogenated alkanes) is 1. The Morgan fingerprint density at radius 1 is 1.25 bits per heavy atom. The minimum Gasteiger partial charge on any atom is -0.351 e. The number of rotatable bonds is 10. The van der Waals surface area contributed by atoms with Crippen molar-refractivity contribution in [2.24, 2.45) is 15.9 Å². The van der Waals surface area contributed by atoms with Crippen molar-refractivity contribution in [3.05, 3.63) is 41.1 Å². The van der Waals surface area contributed by atoms with E-state index in [0.29, 0.717) is 18.7 Å². The fourth-order valence-electron chi connectivity index (χ4n) is 2.85.